The highest BCUT2D eigenvalue weighted by atomic mass is 19.3. The fourth-order valence-corrected chi connectivity index (χ4v) is 4.30. The van der Waals surface area contributed by atoms with Crippen molar-refractivity contribution in [2.45, 2.75) is 37.8 Å². The molecule has 1 aliphatic carbocycles. The first-order chi connectivity index (χ1) is 15.8. The Labute approximate surface area is 188 Å². The summed E-state index contributed by atoms with van der Waals surface area (Å²) in [5.41, 5.74) is 0.498. The van der Waals surface area contributed by atoms with Gasteiger partial charge in [-0.2, -0.15) is 8.78 Å². The van der Waals surface area contributed by atoms with Gasteiger partial charge in [0, 0.05) is 17.2 Å². The Morgan fingerprint density at radius 3 is 2.39 bits per heavy atom. The van der Waals surface area contributed by atoms with Crippen LogP contribution in [0.4, 0.5) is 19.3 Å². The maximum absolute atomic E-state index is 12.9. The lowest BCUT2D eigenvalue weighted by Crippen LogP contribution is -2.50. The zero-order valence-electron chi connectivity index (χ0n) is 17.8. The first-order valence-electron chi connectivity index (χ1n) is 10.5. The van der Waals surface area contributed by atoms with Gasteiger partial charge in [-0.3, -0.25) is 14.9 Å². The maximum Gasteiger partial charge on any atom is 0.387 e. The summed E-state index contributed by atoms with van der Waals surface area (Å²) in [6.07, 6.45) is 1.58. The van der Waals surface area contributed by atoms with Crippen molar-refractivity contribution in [1.29, 1.82) is 0 Å². The molecule has 1 aliphatic heterocycles. The van der Waals surface area contributed by atoms with Gasteiger partial charge in [-0.05, 0) is 61.6 Å². The minimum absolute atomic E-state index is 0.0178. The van der Waals surface area contributed by atoms with Crippen molar-refractivity contribution >= 4 is 23.5 Å². The van der Waals surface area contributed by atoms with Crippen molar-refractivity contribution in [3.8, 4) is 22.6 Å². The molecule has 10 heteroatoms. The topological polar surface area (TPSA) is 106 Å². The molecule has 4 amide bonds. The summed E-state index contributed by atoms with van der Waals surface area (Å²) in [7, 11) is 1.52. The first-order valence-corrected chi connectivity index (χ1v) is 10.5. The van der Waals surface area contributed by atoms with Crippen LogP contribution in [-0.2, 0) is 9.59 Å². The number of carbonyl (C=O) groups excluding carboxylic acids is 3. The van der Waals surface area contributed by atoms with Crippen LogP contribution in [0.2, 0.25) is 0 Å². The lowest BCUT2D eigenvalue weighted by molar-refractivity contribution is -0.128. The molecular weight excluding hydrogens is 436 g/mol. The molecule has 2 aromatic carbocycles. The minimum atomic E-state index is -3.00. The molecule has 0 bridgehead atoms. The van der Waals surface area contributed by atoms with Crippen LogP contribution < -0.4 is 25.4 Å². The molecule has 4 rings (SSSR count). The van der Waals surface area contributed by atoms with E-state index in [1.807, 2.05) is 0 Å². The molecule has 33 heavy (non-hydrogen) atoms. The second-order valence-electron chi connectivity index (χ2n) is 8.07. The monoisotopic (exact) mass is 459 g/mol. The van der Waals surface area contributed by atoms with Crippen molar-refractivity contribution in [3.05, 3.63) is 42.5 Å². The Balaban J connectivity index is 1.49. The largest absolute Gasteiger partial charge is 0.497 e. The number of amides is 4. The number of urea groups is 1. The number of benzene rings is 2. The summed E-state index contributed by atoms with van der Waals surface area (Å²) in [6.45, 7) is -3.00. The van der Waals surface area contributed by atoms with E-state index in [1.54, 1.807) is 30.3 Å². The van der Waals surface area contributed by atoms with Gasteiger partial charge in [0.15, 0.2) is 0 Å². The van der Waals surface area contributed by atoms with Gasteiger partial charge in [0.05, 0.1) is 7.11 Å². The highest BCUT2D eigenvalue weighted by Gasteiger charge is 2.48. The van der Waals surface area contributed by atoms with Crippen LogP contribution in [-0.4, -0.2) is 37.1 Å². The molecule has 3 N–H and O–H groups in total. The number of imide groups is 1. The molecule has 1 saturated heterocycles. The molecule has 8 nitrogen and oxygen atoms in total. The lowest BCUT2D eigenvalue weighted by Gasteiger charge is -2.33. The van der Waals surface area contributed by atoms with Crippen LogP contribution >= 0.6 is 0 Å². The second-order valence-corrected chi connectivity index (χ2v) is 8.07. The van der Waals surface area contributed by atoms with E-state index < -0.39 is 18.2 Å². The van der Waals surface area contributed by atoms with E-state index in [0.717, 1.165) is 0 Å². The highest BCUT2D eigenvalue weighted by molar-refractivity contribution is 6.07. The Bertz CT molecular complexity index is 1070. The van der Waals surface area contributed by atoms with Gasteiger partial charge < -0.3 is 20.1 Å². The number of rotatable bonds is 6. The third-order valence-electron chi connectivity index (χ3n) is 6.09. The number of alkyl halides is 2. The van der Waals surface area contributed by atoms with Gasteiger partial charge in [0.2, 0.25) is 5.91 Å². The van der Waals surface area contributed by atoms with Gasteiger partial charge in [0.1, 0.15) is 17.0 Å². The highest BCUT2D eigenvalue weighted by Crippen LogP contribution is 2.37. The quantitative estimate of drug-likeness (QED) is 0.572. The van der Waals surface area contributed by atoms with Crippen LogP contribution in [0.1, 0.15) is 25.7 Å². The Kier molecular flexibility index (Phi) is 6.17. The fraction of sp³-hybridized carbons (Fsp3) is 0.348. The van der Waals surface area contributed by atoms with E-state index in [1.165, 1.54) is 19.2 Å². The molecule has 0 atom stereocenters. The third kappa shape index (κ3) is 4.74. The Morgan fingerprint density at radius 2 is 1.82 bits per heavy atom. The summed E-state index contributed by atoms with van der Waals surface area (Å²) in [5, 5.41) is 7.74. The van der Waals surface area contributed by atoms with Gasteiger partial charge in [-0.1, -0.05) is 12.1 Å². The molecule has 0 aromatic heterocycles. The standard InChI is InChI=1S/C23H23F2N3O5/c1-32-16-5-2-13(3-6-16)17-12-15(4-7-18(17)33-21(24)25)26-19(29)14-8-10-23(11-9-14)20(30)27-22(31)28-23/h2-7,12,14,21H,8-11H2,1H3,(H,26,29)(H2,27,28,30,31). The molecule has 0 radical (unpaired) electrons. The van der Waals surface area contributed by atoms with Crippen LogP contribution in [0, 0.1) is 5.92 Å². The van der Waals surface area contributed by atoms with E-state index in [-0.39, 0.29) is 23.5 Å². The van der Waals surface area contributed by atoms with E-state index in [9.17, 15) is 23.2 Å². The number of nitrogens with one attached hydrogen (secondary N) is 3. The summed E-state index contributed by atoms with van der Waals surface area (Å²) in [4.78, 5) is 36.4. The molecule has 1 heterocycles. The number of methoxy groups -OCH3 is 1. The van der Waals surface area contributed by atoms with Gasteiger partial charge in [-0.25, -0.2) is 4.79 Å². The summed E-state index contributed by atoms with van der Waals surface area (Å²) < 4.78 is 35.6. The molecule has 2 aromatic rings. The number of hydrogen-bond acceptors (Lipinski definition) is 5. The number of ether oxygens (including phenoxy) is 2. The van der Waals surface area contributed by atoms with Crippen LogP contribution in [0.15, 0.2) is 42.5 Å². The average Bonchev–Trinajstić information content (AvgIpc) is 3.07. The van der Waals surface area contributed by atoms with Crippen molar-refractivity contribution in [2.75, 3.05) is 12.4 Å². The van der Waals surface area contributed by atoms with Crippen LogP contribution in [0.3, 0.4) is 0 Å². The van der Waals surface area contributed by atoms with Crippen molar-refractivity contribution in [2.24, 2.45) is 5.92 Å². The molecule has 1 spiro atoms. The van der Waals surface area contributed by atoms with E-state index in [2.05, 4.69) is 20.7 Å². The first kappa shape index (κ1) is 22.5. The molecule has 1 saturated carbocycles. The molecule has 0 unspecified atom stereocenters. The van der Waals surface area contributed by atoms with Crippen molar-refractivity contribution in [3.63, 3.8) is 0 Å². The average molecular weight is 459 g/mol. The zero-order valence-corrected chi connectivity index (χ0v) is 17.8. The second kappa shape index (κ2) is 9.05. The molecule has 2 fully saturated rings. The lowest BCUT2D eigenvalue weighted by atomic mass is 9.76. The van der Waals surface area contributed by atoms with Crippen molar-refractivity contribution < 1.29 is 32.6 Å². The number of halogens is 2. The van der Waals surface area contributed by atoms with E-state index >= 15 is 0 Å². The zero-order chi connectivity index (χ0) is 23.6. The Morgan fingerprint density at radius 1 is 1.12 bits per heavy atom. The molecular formula is C23H23F2N3O5. The van der Waals surface area contributed by atoms with Gasteiger partial charge >= 0.3 is 12.6 Å². The maximum atomic E-state index is 12.9. The predicted octanol–water partition coefficient (Wildman–Crippen LogP) is 3.67. The number of hydrogen-bond donors (Lipinski definition) is 3. The number of carbonyl (C=O) groups is 3. The summed E-state index contributed by atoms with van der Waals surface area (Å²) >= 11 is 0. The summed E-state index contributed by atoms with van der Waals surface area (Å²) in [5.74, 6) is -0.345. The molecule has 174 valence electrons. The Hall–Kier alpha value is -3.69. The smallest absolute Gasteiger partial charge is 0.387 e. The van der Waals surface area contributed by atoms with Crippen molar-refractivity contribution in [1.82, 2.24) is 10.6 Å². The normalized spacial score (nSPS) is 22.1. The van der Waals surface area contributed by atoms with Crippen LogP contribution in [0.5, 0.6) is 11.5 Å². The fourth-order valence-electron chi connectivity index (χ4n) is 4.30. The number of anilines is 1. The van der Waals surface area contributed by atoms with Crippen LogP contribution in [0.25, 0.3) is 11.1 Å². The minimum Gasteiger partial charge on any atom is -0.497 e. The third-order valence-corrected chi connectivity index (χ3v) is 6.09. The predicted molar refractivity (Wildman–Crippen MR) is 115 cm³/mol. The van der Waals surface area contributed by atoms with E-state index in [4.69, 9.17) is 4.74 Å². The molecule has 2 aliphatic rings. The van der Waals surface area contributed by atoms with Gasteiger partial charge in [0.25, 0.3) is 5.91 Å². The van der Waals surface area contributed by atoms with Gasteiger partial charge in [-0.15, -0.1) is 0 Å². The SMILES string of the molecule is COc1ccc(-c2cc(NC(=O)C3CCC4(CC3)NC(=O)NC4=O)ccc2OC(F)F)cc1. The summed E-state index contributed by atoms with van der Waals surface area (Å²) in [6, 6.07) is 10.8. The van der Waals surface area contributed by atoms with E-state index in [0.29, 0.717) is 48.2 Å².